The van der Waals surface area contributed by atoms with E-state index in [1.165, 1.54) is 11.1 Å². The van der Waals surface area contributed by atoms with Crippen molar-refractivity contribution in [3.63, 3.8) is 0 Å². The van der Waals surface area contributed by atoms with Crippen LogP contribution in [0.3, 0.4) is 0 Å². The van der Waals surface area contributed by atoms with Crippen LogP contribution >= 0.6 is 15.9 Å². The third kappa shape index (κ3) is 4.23. The number of ether oxygens (including phenoxy) is 1. The summed E-state index contributed by atoms with van der Waals surface area (Å²) in [5.74, 6) is 0. The maximum Gasteiger partial charge on any atom is 0.410 e. The first kappa shape index (κ1) is 15.4. The van der Waals surface area contributed by atoms with Gasteiger partial charge >= 0.3 is 6.09 Å². The number of carbonyl (C=O) groups excluding carboxylic acids is 1. The van der Waals surface area contributed by atoms with Gasteiger partial charge in [0.15, 0.2) is 0 Å². The molecule has 1 aliphatic heterocycles. The fourth-order valence-electron chi connectivity index (χ4n) is 2.37. The predicted octanol–water partition coefficient (Wildman–Crippen LogP) is 4.52. The lowest BCUT2D eigenvalue weighted by Crippen LogP contribution is -2.37. The van der Waals surface area contributed by atoms with E-state index in [-0.39, 0.29) is 6.09 Å². The molecule has 0 spiro atoms. The van der Waals surface area contributed by atoms with Crippen LogP contribution in [0.1, 0.15) is 44.7 Å². The van der Waals surface area contributed by atoms with Crippen molar-refractivity contribution < 1.29 is 9.53 Å². The number of halogens is 1. The highest BCUT2D eigenvalue weighted by Gasteiger charge is 2.23. The van der Waals surface area contributed by atoms with Crippen LogP contribution in [-0.2, 0) is 17.7 Å². The number of rotatable bonds is 0. The van der Waals surface area contributed by atoms with Crippen molar-refractivity contribution in [1.29, 1.82) is 0 Å². The van der Waals surface area contributed by atoms with Gasteiger partial charge in [0.1, 0.15) is 5.60 Å². The highest BCUT2D eigenvalue weighted by Crippen LogP contribution is 2.23. The Bertz CT molecular complexity index is 494. The summed E-state index contributed by atoms with van der Waals surface area (Å²) in [6.45, 7) is 7.11. The minimum atomic E-state index is -0.442. The molecule has 1 amide bonds. The molecule has 0 unspecified atom stereocenters. The minimum Gasteiger partial charge on any atom is -0.444 e. The van der Waals surface area contributed by atoms with E-state index in [1.54, 1.807) is 0 Å². The Kier molecular flexibility index (Phi) is 4.74. The van der Waals surface area contributed by atoms with E-state index in [9.17, 15) is 4.79 Å². The molecule has 0 aliphatic carbocycles. The molecule has 3 nitrogen and oxygen atoms in total. The molecule has 4 heteroatoms. The molecule has 110 valence electrons. The Hall–Kier alpha value is -1.03. The monoisotopic (exact) mass is 339 g/mol. The molecule has 20 heavy (non-hydrogen) atoms. The van der Waals surface area contributed by atoms with Crippen molar-refractivity contribution in [2.75, 3.05) is 6.54 Å². The second-order valence-corrected chi connectivity index (χ2v) is 7.19. The zero-order chi connectivity index (χ0) is 14.8. The first-order valence-electron chi connectivity index (χ1n) is 7.10. The molecule has 1 heterocycles. The Morgan fingerprint density at radius 2 is 2.00 bits per heavy atom. The highest BCUT2D eigenvalue weighted by atomic mass is 79.9. The van der Waals surface area contributed by atoms with Gasteiger partial charge in [0, 0.05) is 17.6 Å². The third-order valence-corrected chi connectivity index (χ3v) is 3.80. The lowest BCUT2D eigenvalue weighted by molar-refractivity contribution is 0.0227. The summed E-state index contributed by atoms with van der Waals surface area (Å²) in [5.41, 5.74) is 2.11. The number of benzene rings is 1. The van der Waals surface area contributed by atoms with Gasteiger partial charge in [0.05, 0.1) is 0 Å². The second-order valence-electron chi connectivity index (χ2n) is 6.27. The number of hydrogen-bond acceptors (Lipinski definition) is 2. The Labute approximate surface area is 129 Å². The summed E-state index contributed by atoms with van der Waals surface area (Å²) in [4.78, 5) is 14.1. The van der Waals surface area contributed by atoms with Gasteiger partial charge in [-0.05, 0) is 63.3 Å². The van der Waals surface area contributed by atoms with Crippen molar-refractivity contribution >= 4 is 22.0 Å². The largest absolute Gasteiger partial charge is 0.444 e. The summed E-state index contributed by atoms with van der Waals surface area (Å²) in [6, 6.07) is 6.30. The predicted molar refractivity (Wildman–Crippen MR) is 83.7 cm³/mol. The van der Waals surface area contributed by atoms with Crippen LogP contribution in [-0.4, -0.2) is 23.1 Å². The number of fused-ring (bicyclic) bond motifs is 1. The van der Waals surface area contributed by atoms with Crippen molar-refractivity contribution in [3.05, 3.63) is 33.8 Å². The third-order valence-electron chi connectivity index (χ3n) is 3.31. The van der Waals surface area contributed by atoms with E-state index < -0.39 is 5.60 Å². The smallest absolute Gasteiger partial charge is 0.410 e. The first-order valence-corrected chi connectivity index (χ1v) is 7.90. The van der Waals surface area contributed by atoms with Gasteiger partial charge in [0.2, 0.25) is 0 Å². The van der Waals surface area contributed by atoms with Crippen LogP contribution in [0.4, 0.5) is 4.79 Å². The van der Waals surface area contributed by atoms with E-state index in [0.29, 0.717) is 6.54 Å². The molecule has 0 bridgehead atoms. The van der Waals surface area contributed by atoms with Crippen molar-refractivity contribution in [1.82, 2.24) is 4.90 Å². The lowest BCUT2D eigenvalue weighted by Gasteiger charge is -2.29. The van der Waals surface area contributed by atoms with Gasteiger partial charge in [-0.1, -0.05) is 22.0 Å². The summed E-state index contributed by atoms with van der Waals surface area (Å²) in [6.07, 6.45) is 2.98. The highest BCUT2D eigenvalue weighted by molar-refractivity contribution is 9.10. The molecule has 1 aliphatic rings. The second kappa shape index (κ2) is 6.17. The summed E-state index contributed by atoms with van der Waals surface area (Å²) >= 11 is 3.51. The maximum atomic E-state index is 12.2. The van der Waals surface area contributed by atoms with E-state index in [1.807, 2.05) is 31.7 Å². The topological polar surface area (TPSA) is 29.5 Å². The zero-order valence-corrected chi connectivity index (χ0v) is 14.0. The number of hydrogen-bond donors (Lipinski definition) is 0. The van der Waals surface area contributed by atoms with Crippen molar-refractivity contribution in [2.45, 2.75) is 52.2 Å². The molecule has 0 atom stereocenters. The van der Waals surface area contributed by atoms with Crippen LogP contribution in [0, 0.1) is 0 Å². The molecule has 0 radical (unpaired) electrons. The fourth-order valence-corrected chi connectivity index (χ4v) is 2.78. The molecule has 1 aromatic carbocycles. The van der Waals surface area contributed by atoms with Crippen LogP contribution in [0.25, 0.3) is 0 Å². The van der Waals surface area contributed by atoms with Gasteiger partial charge in [-0.25, -0.2) is 4.79 Å². The molecule has 0 aromatic heterocycles. The zero-order valence-electron chi connectivity index (χ0n) is 12.4. The van der Waals surface area contributed by atoms with E-state index in [2.05, 4.69) is 28.1 Å². The number of nitrogens with zero attached hydrogens (tertiary/aromatic N) is 1. The number of carbonyl (C=O) groups is 1. The fraction of sp³-hybridized carbons (Fsp3) is 0.562. The van der Waals surface area contributed by atoms with Gasteiger partial charge in [-0.15, -0.1) is 0 Å². The molecular weight excluding hydrogens is 318 g/mol. The Morgan fingerprint density at radius 3 is 2.70 bits per heavy atom. The Morgan fingerprint density at radius 1 is 1.25 bits per heavy atom. The van der Waals surface area contributed by atoms with Crippen LogP contribution in [0.5, 0.6) is 0 Å². The van der Waals surface area contributed by atoms with Gasteiger partial charge < -0.3 is 9.64 Å². The molecule has 0 saturated carbocycles. The number of amides is 1. The van der Waals surface area contributed by atoms with Crippen LogP contribution in [0.15, 0.2) is 22.7 Å². The average Bonchev–Trinajstić information content (AvgIpc) is 2.29. The molecule has 2 rings (SSSR count). The van der Waals surface area contributed by atoms with Gasteiger partial charge in [-0.3, -0.25) is 0 Å². The average molecular weight is 340 g/mol. The van der Waals surface area contributed by atoms with Gasteiger partial charge in [0.25, 0.3) is 0 Å². The molecule has 1 aromatic rings. The van der Waals surface area contributed by atoms with E-state index in [4.69, 9.17) is 4.74 Å². The number of aryl methyl sites for hydroxylation is 1. The molecule has 0 N–H and O–H groups in total. The summed E-state index contributed by atoms with van der Waals surface area (Å²) in [5, 5.41) is 0. The SMILES string of the molecule is CC(C)(C)OC(=O)N1CCCCc2cc(Br)ccc2C1. The first-order chi connectivity index (χ1) is 9.35. The van der Waals surface area contributed by atoms with Crippen LogP contribution < -0.4 is 0 Å². The van der Waals surface area contributed by atoms with E-state index >= 15 is 0 Å². The molecular formula is C16H22BrNO2. The Balaban J connectivity index is 2.17. The van der Waals surface area contributed by atoms with Crippen molar-refractivity contribution in [3.8, 4) is 0 Å². The van der Waals surface area contributed by atoms with Crippen molar-refractivity contribution in [2.24, 2.45) is 0 Å². The normalized spacial score (nSPS) is 16.1. The molecule has 0 fully saturated rings. The van der Waals surface area contributed by atoms with E-state index in [0.717, 1.165) is 30.3 Å². The lowest BCUT2D eigenvalue weighted by atomic mass is 9.99. The summed E-state index contributed by atoms with van der Waals surface area (Å²) < 4.78 is 6.59. The van der Waals surface area contributed by atoms with Crippen LogP contribution in [0.2, 0.25) is 0 Å². The summed E-state index contributed by atoms with van der Waals surface area (Å²) in [7, 11) is 0. The maximum absolute atomic E-state index is 12.2. The standard InChI is InChI=1S/C16H22BrNO2/c1-16(2,3)20-15(19)18-9-5-4-6-12-10-14(17)8-7-13(12)11-18/h7-8,10H,4-6,9,11H2,1-3H3. The quantitative estimate of drug-likeness (QED) is 0.695. The molecule has 0 saturated heterocycles. The minimum absolute atomic E-state index is 0.215. The van der Waals surface area contributed by atoms with Gasteiger partial charge in [-0.2, -0.15) is 0 Å².